The smallest absolute Gasteiger partial charge is 0.283 e. The number of carbonyl (C=O) groups is 1. The Labute approximate surface area is 202 Å². The largest absolute Gasteiger partial charge is 0.368 e. The monoisotopic (exact) mass is 498 g/mol. The molecule has 1 aliphatic heterocycles. The Hall–Kier alpha value is -3.47. The zero-order chi connectivity index (χ0) is 25.0. The first-order chi connectivity index (χ1) is 16.8. The number of amides is 1. The van der Waals surface area contributed by atoms with E-state index in [-0.39, 0.29) is 31.0 Å². The van der Waals surface area contributed by atoms with E-state index in [0.29, 0.717) is 12.0 Å². The Bertz CT molecular complexity index is 1320. The van der Waals surface area contributed by atoms with E-state index < -0.39 is 28.0 Å². The molecule has 2 aromatic carbocycles. The third-order valence-electron chi connectivity index (χ3n) is 5.81. The van der Waals surface area contributed by atoms with Crippen molar-refractivity contribution >= 4 is 21.7 Å². The van der Waals surface area contributed by atoms with Crippen molar-refractivity contribution in [2.45, 2.75) is 19.0 Å². The summed E-state index contributed by atoms with van der Waals surface area (Å²) in [6, 6.07) is 13.0. The standard InChI is InChI=1S/C25H24F2N4O3S/c26-22-7-3-19(4-8-22)20-11-14-30(15-12-20)35(33,34)31(17-18-2-1-13-29-16-18)24(25(28)32)21-5-9-23(27)10-6-21/h1-11,13,16,24H,12,14-15,17H2,(H2,28,32). The third-order valence-corrected chi connectivity index (χ3v) is 7.73. The van der Waals surface area contributed by atoms with Crippen molar-refractivity contribution in [3.63, 3.8) is 0 Å². The first kappa shape index (κ1) is 24.6. The third kappa shape index (κ3) is 5.61. The fraction of sp³-hybridized carbons (Fsp3) is 0.200. The molecule has 0 fully saturated rings. The van der Waals surface area contributed by atoms with Gasteiger partial charge in [-0.15, -0.1) is 0 Å². The van der Waals surface area contributed by atoms with Crippen molar-refractivity contribution in [2.24, 2.45) is 5.73 Å². The van der Waals surface area contributed by atoms with Gasteiger partial charge < -0.3 is 5.73 Å². The maximum atomic E-state index is 13.8. The van der Waals surface area contributed by atoms with Crippen molar-refractivity contribution < 1.29 is 22.0 Å². The molecule has 4 rings (SSSR count). The van der Waals surface area contributed by atoms with Crippen LogP contribution in [0.4, 0.5) is 8.78 Å². The molecular weight excluding hydrogens is 474 g/mol. The predicted molar refractivity (Wildman–Crippen MR) is 128 cm³/mol. The van der Waals surface area contributed by atoms with E-state index in [1.54, 1.807) is 36.5 Å². The molecule has 35 heavy (non-hydrogen) atoms. The number of nitrogens with two attached hydrogens (primary N) is 1. The normalized spacial score (nSPS) is 15.6. The van der Waals surface area contributed by atoms with Crippen LogP contribution in [-0.2, 0) is 21.5 Å². The Morgan fingerprint density at radius 3 is 2.26 bits per heavy atom. The van der Waals surface area contributed by atoms with Crippen LogP contribution in [0.2, 0.25) is 0 Å². The van der Waals surface area contributed by atoms with E-state index in [4.69, 9.17) is 5.73 Å². The molecule has 1 unspecified atom stereocenters. The maximum absolute atomic E-state index is 13.8. The molecule has 3 aromatic rings. The van der Waals surface area contributed by atoms with Gasteiger partial charge in [-0.25, -0.2) is 8.78 Å². The van der Waals surface area contributed by atoms with E-state index >= 15 is 0 Å². The Balaban J connectivity index is 1.68. The van der Waals surface area contributed by atoms with Crippen LogP contribution < -0.4 is 5.73 Å². The fourth-order valence-electron chi connectivity index (χ4n) is 4.03. The lowest BCUT2D eigenvalue weighted by Crippen LogP contribution is -2.49. The highest BCUT2D eigenvalue weighted by Crippen LogP contribution is 2.31. The summed E-state index contributed by atoms with van der Waals surface area (Å²) in [4.78, 5) is 16.6. The van der Waals surface area contributed by atoms with Crippen LogP contribution in [0.15, 0.2) is 79.1 Å². The van der Waals surface area contributed by atoms with Gasteiger partial charge in [-0.2, -0.15) is 17.0 Å². The van der Waals surface area contributed by atoms with E-state index in [2.05, 4.69) is 4.98 Å². The lowest BCUT2D eigenvalue weighted by Gasteiger charge is -2.35. The summed E-state index contributed by atoms with van der Waals surface area (Å²) >= 11 is 0. The van der Waals surface area contributed by atoms with Crippen LogP contribution in [0.3, 0.4) is 0 Å². The number of rotatable bonds is 8. The zero-order valence-corrected chi connectivity index (χ0v) is 19.5. The van der Waals surface area contributed by atoms with Gasteiger partial charge in [-0.1, -0.05) is 36.4 Å². The summed E-state index contributed by atoms with van der Waals surface area (Å²) in [7, 11) is -4.20. The quantitative estimate of drug-likeness (QED) is 0.515. The number of primary amides is 1. The van der Waals surface area contributed by atoms with Crippen LogP contribution in [0.1, 0.15) is 29.2 Å². The minimum atomic E-state index is -4.20. The molecule has 2 N–H and O–H groups in total. The molecule has 2 heterocycles. The number of pyridine rings is 1. The molecule has 1 aromatic heterocycles. The minimum Gasteiger partial charge on any atom is -0.368 e. The summed E-state index contributed by atoms with van der Waals surface area (Å²) < 4.78 is 56.8. The maximum Gasteiger partial charge on any atom is 0.283 e. The van der Waals surface area contributed by atoms with Gasteiger partial charge in [0.2, 0.25) is 5.91 Å². The molecule has 0 saturated carbocycles. The molecular formula is C25H24F2N4O3S. The Kier molecular flexibility index (Phi) is 7.34. The van der Waals surface area contributed by atoms with Gasteiger partial charge in [-0.3, -0.25) is 9.78 Å². The Morgan fingerprint density at radius 1 is 1.06 bits per heavy atom. The molecule has 0 spiro atoms. The average molecular weight is 499 g/mol. The van der Waals surface area contributed by atoms with Gasteiger partial charge in [0.1, 0.15) is 17.7 Å². The number of hydrogen-bond acceptors (Lipinski definition) is 4. The van der Waals surface area contributed by atoms with Crippen LogP contribution >= 0.6 is 0 Å². The highest BCUT2D eigenvalue weighted by molar-refractivity contribution is 7.86. The summed E-state index contributed by atoms with van der Waals surface area (Å²) in [5.41, 5.74) is 8.22. The van der Waals surface area contributed by atoms with Crippen molar-refractivity contribution in [3.8, 4) is 0 Å². The van der Waals surface area contributed by atoms with Gasteiger partial charge in [-0.05, 0) is 59.0 Å². The first-order valence-electron chi connectivity index (χ1n) is 10.9. The van der Waals surface area contributed by atoms with Crippen LogP contribution in [0, 0.1) is 11.6 Å². The van der Waals surface area contributed by atoms with Crippen molar-refractivity contribution in [2.75, 3.05) is 13.1 Å². The highest BCUT2D eigenvalue weighted by atomic mass is 32.2. The number of carbonyl (C=O) groups excluding carboxylic acids is 1. The van der Waals surface area contributed by atoms with Gasteiger partial charge in [0.25, 0.3) is 10.2 Å². The molecule has 0 aliphatic carbocycles. The fourth-order valence-corrected chi connectivity index (χ4v) is 5.72. The van der Waals surface area contributed by atoms with E-state index in [1.165, 1.54) is 34.8 Å². The number of aromatic nitrogens is 1. The second-order valence-corrected chi connectivity index (χ2v) is 10.00. The molecule has 0 saturated heterocycles. The molecule has 7 nitrogen and oxygen atoms in total. The summed E-state index contributed by atoms with van der Waals surface area (Å²) in [6.45, 7) is 0.0592. The van der Waals surface area contributed by atoms with Crippen molar-refractivity contribution in [1.82, 2.24) is 13.6 Å². The summed E-state index contributed by atoms with van der Waals surface area (Å²) in [5, 5.41) is 0. The first-order valence-corrected chi connectivity index (χ1v) is 12.3. The molecule has 182 valence electrons. The van der Waals surface area contributed by atoms with E-state index in [9.17, 15) is 22.0 Å². The number of hydrogen-bond donors (Lipinski definition) is 1. The van der Waals surface area contributed by atoms with Gasteiger partial charge in [0, 0.05) is 32.0 Å². The molecule has 1 atom stereocenters. The molecule has 10 heteroatoms. The van der Waals surface area contributed by atoms with Gasteiger partial charge in [0.15, 0.2) is 0 Å². The number of benzene rings is 2. The number of halogens is 2. The molecule has 1 aliphatic rings. The SMILES string of the molecule is NC(=O)C(c1ccc(F)cc1)N(Cc1cccnc1)S(=O)(=O)N1CC=C(c2ccc(F)cc2)CC1. The van der Waals surface area contributed by atoms with Crippen LogP contribution in [0.5, 0.6) is 0 Å². The lowest BCUT2D eigenvalue weighted by atomic mass is 10.0. The van der Waals surface area contributed by atoms with E-state index in [1.807, 2.05) is 0 Å². The second kappa shape index (κ2) is 10.4. The van der Waals surface area contributed by atoms with Crippen molar-refractivity contribution in [1.29, 1.82) is 0 Å². The van der Waals surface area contributed by atoms with Gasteiger partial charge in [0.05, 0.1) is 0 Å². The topological polar surface area (TPSA) is 96.6 Å². The lowest BCUT2D eigenvalue weighted by molar-refractivity contribution is -0.122. The Morgan fingerprint density at radius 2 is 1.71 bits per heavy atom. The summed E-state index contributed by atoms with van der Waals surface area (Å²) in [5.74, 6) is -1.75. The molecule has 1 amide bonds. The minimum absolute atomic E-state index is 0.0630. The average Bonchev–Trinajstić information content (AvgIpc) is 2.86. The molecule has 0 bridgehead atoms. The summed E-state index contributed by atoms with van der Waals surface area (Å²) in [6.07, 6.45) is 5.24. The van der Waals surface area contributed by atoms with Gasteiger partial charge >= 0.3 is 0 Å². The van der Waals surface area contributed by atoms with Crippen molar-refractivity contribution in [3.05, 3.63) is 107 Å². The predicted octanol–water partition coefficient (Wildman–Crippen LogP) is 3.42. The second-order valence-electron chi connectivity index (χ2n) is 8.12. The zero-order valence-electron chi connectivity index (χ0n) is 18.7. The van der Waals surface area contributed by atoms with E-state index in [0.717, 1.165) is 27.6 Å². The highest BCUT2D eigenvalue weighted by Gasteiger charge is 2.39. The molecule has 0 radical (unpaired) electrons. The number of nitrogens with zero attached hydrogens (tertiary/aromatic N) is 3. The van der Waals surface area contributed by atoms with Crippen LogP contribution in [-0.4, -0.2) is 41.0 Å². The van der Waals surface area contributed by atoms with Crippen LogP contribution in [0.25, 0.3) is 5.57 Å².